The van der Waals surface area contributed by atoms with Crippen LogP contribution in [0, 0.1) is 0 Å². The second-order valence-corrected chi connectivity index (χ2v) is 9.20. The lowest BCUT2D eigenvalue weighted by atomic mass is 10.1. The highest BCUT2D eigenvalue weighted by Crippen LogP contribution is 2.36. The Morgan fingerprint density at radius 1 is 1.35 bits per heavy atom. The zero-order valence-electron chi connectivity index (χ0n) is 8.38. The summed E-state index contributed by atoms with van der Waals surface area (Å²) in [6, 6.07) is 4.07. The van der Waals surface area contributed by atoms with Crippen LogP contribution in [0.1, 0.15) is 10.4 Å². The van der Waals surface area contributed by atoms with Crippen molar-refractivity contribution >= 4 is 66.4 Å². The SMILES string of the molecule is CS(=O)(=O)[C@](Cl)(Br)C(=O)c1ccc(Cl)cc1Cl. The molecule has 0 aliphatic rings. The largest absolute Gasteiger partial charge is 0.290 e. The minimum Gasteiger partial charge on any atom is -0.290 e. The van der Waals surface area contributed by atoms with Crippen molar-refractivity contribution in [2.45, 2.75) is 3.12 Å². The first-order chi connectivity index (χ1) is 7.57. The van der Waals surface area contributed by atoms with E-state index in [2.05, 4.69) is 15.9 Å². The highest BCUT2D eigenvalue weighted by atomic mass is 79.9. The van der Waals surface area contributed by atoms with E-state index in [0.29, 0.717) is 5.02 Å². The van der Waals surface area contributed by atoms with Crippen molar-refractivity contribution in [3.05, 3.63) is 33.8 Å². The Labute approximate surface area is 122 Å². The molecule has 1 rings (SSSR count). The van der Waals surface area contributed by atoms with Gasteiger partial charge in [-0.15, -0.1) is 0 Å². The van der Waals surface area contributed by atoms with Crippen LogP contribution in [0.15, 0.2) is 18.2 Å². The molecule has 0 bridgehead atoms. The first kappa shape index (κ1) is 15.2. The van der Waals surface area contributed by atoms with Crippen LogP contribution in [-0.4, -0.2) is 23.6 Å². The summed E-state index contributed by atoms with van der Waals surface area (Å²) in [5, 5.41) is 0.372. The van der Waals surface area contributed by atoms with Crippen LogP contribution in [0.4, 0.5) is 0 Å². The third-order valence-electron chi connectivity index (χ3n) is 1.91. The number of sulfone groups is 1. The Hall–Kier alpha value is 0.190. The lowest BCUT2D eigenvalue weighted by molar-refractivity contribution is 0.100. The van der Waals surface area contributed by atoms with Crippen molar-refractivity contribution < 1.29 is 13.2 Å². The molecule has 1 aromatic carbocycles. The van der Waals surface area contributed by atoms with Gasteiger partial charge in [-0.1, -0.05) is 34.8 Å². The number of carbonyl (C=O) groups is 1. The van der Waals surface area contributed by atoms with Gasteiger partial charge in [-0.25, -0.2) is 8.42 Å². The highest BCUT2D eigenvalue weighted by Gasteiger charge is 2.44. The molecule has 1 aromatic rings. The molecule has 3 nitrogen and oxygen atoms in total. The maximum Gasteiger partial charge on any atom is 0.261 e. The van der Waals surface area contributed by atoms with Crippen LogP contribution in [0.5, 0.6) is 0 Å². The van der Waals surface area contributed by atoms with Crippen molar-refractivity contribution in [2.75, 3.05) is 6.26 Å². The van der Waals surface area contributed by atoms with Gasteiger partial charge >= 0.3 is 0 Å². The van der Waals surface area contributed by atoms with Crippen LogP contribution in [0.3, 0.4) is 0 Å². The van der Waals surface area contributed by atoms with Gasteiger partial charge in [0, 0.05) is 16.8 Å². The topological polar surface area (TPSA) is 51.2 Å². The van der Waals surface area contributed by atoms with Gasteiger partial charge in [-0.3, -0.25) is 4.79 Å². The fraction of sp³-hybridized carbons (Fsp3) is 0.222. The molecule has 0 N–H and O–H groups in total. The summed E-state index contributed by atoms with van der Waals surface area (Å²) in [4.78, 5) is 12.0. The predicted octanol–water partition coefficient (Wildman–Crippen LogP) is 3.51. The van der Waals surface area contributed by atoms with E-state index in [9.17, 15) is 13.2 Å². The molecule has 0 fully saturated rings. The molecule has 94 valence electrons. The van der Waals surface area contributed by atoms with Gasteiger partial charge in [0.15, 0.2) is 9.84 Å². The molecule has 0 amide bonds. The molecule has 0 saturated heterocycles. The smallest absolute Gasteiger partial charge is 0.261 e. The first-order valence-electron chi connectivity index (χ1n) is 4.14. The van der Waals surface area contributed by atoms with E-state index in [4.69, 9.17) is 34.8 Å². The zero-order chi connectivity index (χ0) is 13.4. The van der Waals surface area contributed by atoms with E-state index >= 15 is 0 Å². The molecule has 0 aromatic heterocycles. The maximum atomic E-state index is 12.0. The molecule has 1 atom stereocenters. The highest BCUT2D eigenvalue weighted by molar-refractivity contribution is 9.12. The number of carbonyl (C=O) groups excluding carboxylic acids is 1. The van der Waals surface area contributed by atoms with Gasteiger partial charge in [0.1, 0.15) is 0 Å². The van der Waals surface area contributed by atoms with Gasteiger partial charge < -0.3 is 0 Å². The van der Waals surface area contributed by atoms with E-state index in [-0.39, 0.29) is 10.6 Å². The van der Waals surface area contributed by atoms with Crippen LogP contribution in [0.25, 0.3) is 0 Å². The monoisotopic (exact) mass is 378 g/mol. The van der Waals surface area contributed by atoms with Crippen molar-refractivity contribution in [2.24, 2.45) is 0 Å². The maximum absolute atomic E-state index is 12.0. The van der Waals surface area contributed by atoms with Crippen LogP contribution in [-0.2, 0) is 9.84 Å². The van der Waals surface area contributed by atoms with Crippen molar-refractivity contribution in [1.82, 2.24) is 0 Å². The van der Waals surface area contributed by atoms with Crippen LogP contribution in [0.2, 0.25) is 10.0 Å². The van der Waals surface area contributed by atoms with Crippen LogP contribution < -0.4 is 0 Å². The quantitative estimate of drug-likeness (QED) is 0.596. The van der Waals surface area contributed by atoms with E-state index in [1.54, 1.807) is 0 Å². The van der Waals surface area contributed by atoms with E-state index in [0.717, 1.165) is 6.26 Å². The summed E-state index contributed by atoms with van der Waals surface area (Å²) in [5.41, 5.74) is -0.0200. The summed E-state index contributed by atoms with van der Waals surface area (Å²) >= 11 is 19.9. The molecule has 0 unspecified atom stereocenters. The number of hydrogen-bond acceptors (Lipinski definition) is 3. The number of hydrogen-bond donors (Lipinski definition) is 0. The Morgan fingerprint density at radius 2 is 1.88 bits per heavy atom. The van der Waals surface area contributed by atoms with Gasteiger partial charge in [0.05, 0.1) is 5.02 Å². The van der Waals surface area contributed by atoms with Crippen molar-refractivity contribution in [3.8, 4) is 0 Å². The molecule has 8 heteroatoms. The lowest BCUT2D eigenvalue weighted by Crippen LogP contribution is -2.34. The van der Waals surface area contributed by atoms with Crippen molar-refractivity contribution in [3.63, 3.8) is 0 Å². The number of halogens is 4. The predicted molar refractivity (Wildman–Crippen MR) is 73.1 cm³/mol. The van der Waals surface area contributed by atoms with Gasteiger partial charge in [-0.2, -0.15) is 0 Å². The zero-order valence-corrected chi connectivity index (χ0v) is 13.0. The Balaban J connectivity index is 3.32. The van der Waals surface area contributed by atoms with Gasteiger partial charge in [-0.05, 0) is 34.1 Å². The normalized spacial score (nSPS) is 15.4. The number of Topliss-reactive ketones (excluding diaryl/α,β-unsaturated/α-hetero) is 1. The average Bonchev–Trinajstić information content (AvgIpc) is 2.14. The minimum absolute atomic E-state index is 0.0200. The second kappa shape index (κ2) is 5.05. The third kappa shape index (κ3) is 3.15. The number of rotatable bonds is 3. The molecular formula is C9H6BrCl3O3S. The molecule has 0 aliphatic carbocycles. The summed E-state index contributed by atoms with van der Waals surface area (Å²) in [7, 11) is -3.84. The number of ketones is 1. The van der Waals surface area contributed by atoms with Gasteiger partial charge in [0.2, 0.25) is 5.78 Å². The lowest BCUT2D eigenvalue weighted by Gasteiger charge is -2.17. The van der Waals surface area contributed by atoms with E-state index in [1.807, 2.05) is 0 Å². The summed E-state index contributed by atoms with van der Waals surface area (Å²) in [6.45, 7) is 0. The summed E-state index contributed by atoms with van der Waals surface area (Å²) in [5.74, 6) is -0.858. The molecule has 0 spiro atoms. The first-order valence-corrected chi connectivity index (χ1v) is 7.96. The minimum atomic E-state index is -3.84. The standard InChI is InChI=1S/C9H6BrCl3O3S/c1-17(15,16)9(10,13)8(14)6-3-2-5(11)4-7(6)12/h2-4H,1H3/t9-/m0/s1. The fourth-order valence-electron chi connectivity index (χ4n) is 0.999. The Morgan fingerprint density at radius 3 is 2.29 bits per heavy atom. The fourth-order valence-corrected chi connectivity index (χ4v) is 2.26. The molecule has 17 heavy (non-hydrogen) atoms. The Kier molecular flexibility index (Phi) is 4.53. The molecule has 0 aliphatic heterocycles. The van der Waals surface area contributed by atoms with Crippen molar-refractivity contribution in [1.29, 1.82) is 0 Å². The Bertz CT molecular complexity index is 569. The summed E-state index contributed by atoms with van der Waals surface area (Å²) < 4.78 is 20.5. The average molecular weight is 380 g/mol. The van der Waals surface area contributed by atoms with Gasteiger partial charge in [0.25, 0.3) is 3.12 Å². The summed E-state index contributed by atoms with van der Waals surface area (Å²) in [6.07, 6.45) is 0.844. The number of benzene rings is 1. The number of alkyl halides is 2. The molecule has 0 saturated carbocycles. The van der Waals surface area contributed by atoms with E-state index < -0.39 is 18.7 Å². The van der Waals surface area contributed by atoms with E-state index in [1.165, 1.54) is 18.2 Å². The molecule has 0 heterocycles. The molecule has 0 radical (unpaired) electrons. The third-order valence-corrected chi connectivity index (χ3v) is 6.71. The second-order valence-electron chi connectivity index (χ2n) is 3.24. The van der Waals surface area contributed by atoms with Crippen LogP contribution >= 0.6 is 50.7 Å². The molecular weight excluding hydrogens is 374 g/mol.